The van der Waals surface area contributed by atoms with Gasteiger partial charge in [0.1, 0.15) is 5.75 Å². The Morgan fingerprint density at radius 3 is 2.40 bits per heavy atom. The first kappa shape index (κ1) is 29.5. The number of hydrogen-bond donors (Lipinski definition) is 3. The molecule has 2 fully saturated rings. The third kappa shape index (κ3) is 7.80. The normalized spacial score (nSPS) is 19.9. The number of alkyl halides is 3. The van der Waals surface area contributed by atoms with Crippen LogP contribution < -0.4 is 26.0 Å². The number of methoxy groups -OCH3 is 1. The van der Waals surface area contributed by atoms with Crippen molar-refractivity contribution < 1.29 is 32.2 Å². The van der Waals surface area contributed by atoms with E-state index in [4.69, 9.17) is 15.2 Å². The summed E-state index contributed by atoms with van der Waals surface area (Å²) in [6.45, 7) is 1.74. The number of halogens is 3. The fraction of sp³-hybridized carbons (Fsp3) is 0.517. The van der Waals surface area contributed by atoms with Crippen LogP contribution in [0.3, 0.4) is 0 Å². The number of nitrogens with two attached hydrogens (primary N) is 1. The lowest BCUT2D eigenvalue weighted by molar-refractivity contribution is -0.179. The minimum Gasteiger partial charge on any atom is -0.491 e. The number of primary amides is 1. The Morgan fingerprint density at radius 2 is 1.75 bits per heavy atom. The SMILES string of the molecule is COCCCCOc1cc(Nc2ccc(CC3NC(=O)CC3C(N)=O)cc2)ccc1N1CCC(C(F)(F)F)CC1. The molecule has 2 aromatic rings. The van der Waals surface area contributed by atoms with Gasteiger partial charge in [0.05, 0.1) is 24.1 Å². The predicted octanol–water partition coefficient (Wildman–Crippen LogP) is 4.55. The van der Waals surface area contributed by atoms with Crippen LogP contribution in [0.2, 0.25) is 0 Å². The summed E-state index contributed by atoms with van der Waals surface area (Å²) >= 11 is 0. The summed E-state index contributed by atoms with van der Waals surface area (Å²) in [6, 6.07) is 13.0. The fourth-order valence-electron chi connectivity index (χ4n) is 5.29. The Labute approximate surface area is 232 Å². The number of rotatable bonds is 12. The van der Waals surface area contributed by atoms with E-state index in [2.05, 4.69) is 10.6 Å². The summed E-state index contributed by atoms with van der Waals surface area (Å²) in [4.78, 5) is 25.4. The van der Waals surface area contributed by atoms with Crippen molar-refractivity contribution in [1.82, 2.24) is 5.32 Å². The molecule has 4 rings (SSSR count). The van der Waals surface area contributed by atoms with E-state index in [1.807, 2.05) is 47.4 Å². The lowest BCUT2D eigenvalue weighted by atomic mass is 9.94. The molecule has 2 unspecified atom stereocenters. The molecule has 0 aromatic heterocycles. The Bertz CT molecular complexity index is 1150. The Hall–Kier alpha value is -3.47. The van der Waals surface area contributed by atoms with Crippen molar-refractivity contribution in [1.29, 1.82) is 0 Å². The molecular weight excluding hydrogens is 525 g/mol. The predicted molar refractivity (Wildman–Crippen MR) is 147 cm³/mol. The number of ether oxygens (including phenoxy) is 2. The highest BCUT2D eigenvalue weighted by Gasteiger charge is 2.41. The van der Waals surface area contributed by atoms with E-state index in [9.17, 15) is 22.8 Å². The van der Waals surface area contributed by atoms with Crippen molar-refractivity contribution in [3.05, 3.63) is 48.0 Å². The van der Waals surface area contributed by atoms with Crippen LogP contribution in [-0.4, -0.2) is 57.4 Å². The number of nitrogens with zero attached hydrogens (tertiary/aromatic N) is 1. The molecule has 2 aliphatic rings. The maximum atomic E-state index is 13.2. The van der Waals surface area contributed by atoms with Gasteiger partial charge in [0, 0.05) is 56.7 Å². The highest BCUT2D eigenvalue weighted by atomic mass is 19.4. The number of carbonyl (C=O) groups is 2. The number of unbranched alkanes of at least 4 members (excludes halogenated alkanes) is 1. The molecule has 0 aliphatic carbocycles. The Kier molecular flexibility index (Phi) is 9.78. The van der Waals surface area contributed by atoms with Crippen LogP contribution in [0.1, 0.15) is 37.7 Å². The molecule has 2 aromatic carbocycles. The van der Waals surface area contributed by atoms with E-state index in [0.717, 1.165) is 35.5 Å². The van der Waals surface area contributed by atoms with Crippen LogP contribution in [0.25, 0.3) is 0 Å². The molecule has 2 saturated heterocycles. The van der Waals surface area contributed by atoms with Crippen molar-refractivity contribution in [2.24, 2.45) is 17.6 Å². The molecule has 2 atom stereocenters. The molecule has 2 aliphatic heterocycles. The number of benzene rings is 2. The second-order valence-electron chi connectivity index (χ2n) is 10.4. The molecule has 0 spiro atoms. The van der Waals surface area contributed by atoms with Gasteiger partial charge in [-0.25, -0.2) is 0 Å². The maximum Gasteiger partial charge on any atom is 0.391 e. The molecule has 0 saturated carbocycles. The van der Waals surface area contributed by atoms with Crippen LogP contribution in [0.4, 0.5) is 30.2 Å². The zero-order valence-corrected chi connectivity index (χ0v) is 22.6. The van der Waals surface area contributed by atoms with Crippen LogP contribution in [0.5, 0.6) is 5.75 Å². The number of carbonyl (C=O) groups excluding carboxylic acids is 2. The molecule has 0 radical (unpaired) electrons. The highest BCUT2D eigenvalue weighted by molar-refractivity contribution is 5.89. The average molecular weight is 563 g/mol. The molecule has 218 valence electrons. The zero-order chi connectivity index (χ0) is 28.7. The van der Waals surface area contributed by atoms with Crippen LogP contribution in [0, 0.1) is 11.8 Å². The number of nitrogens with one attached hydrogen (secondary N) is 2. The van der Waals surface area contributed by atoms with Gasteiger partial charge in [0.2, 0.25) is 11.8 Å². The minimum atomic E-state index is -4.16. The first-order chi connectivity index (χ1) is 19.1. The fourth-order valence-corrected chi connectivity index (χ4v) is 5.29. The topological polar surface area (TPSA) is 106 Å². The van der Waals surface area contributed by atoms with Gasteiger partial charge >= 0.3 is 6.18 Å². The molecule has 11 heteroatoms. The largest absolute Gasteiger partial charge is 0.491 e. The van der Waals surface area contributed by atoms with Crippen LogP contribution in [0.15, 0.2) is 42.5 Å². The second kappa shape index (κ2) is 13.3. The monoisotopic (exact) mass is 562 g/mol. The van der Waals surface area contributed by atoms with Crippen molar-refractivity contribution >= 4 is 28.9 Å². The highest BCUT2D eigenvalue weighted by Crippen LogP contribution is 2.39. The summed E-state index contributed by atoms with van der Waals surface area (Å²) in [5.74, 6) is -1.81. The van der Waals surface area contributed by atoms with E-state index >= 15 is 0 Å². The molecule has 40 heavy (non-hydrogen) atoms. The van der Waals surface area contributed by atoms with Gasteiger partial charge < -0.3 is 30.7 Å². The average Bonchev–Trinajstić information content (AvgIpc) is 3.29. The minimum absolute atomic E-state index is 0.0633. The van der Waals surface area contributed by atoms with Gasteiger partial charge in [-0.3, -0.25) is 9.59 Å². The molecular formula is C29H37F3N4O4. The summed E-state index contributed by atoms with van der Waals surface area (Å²) in [6.07, 6.45) is -1.78. The molecule has 4 N–H and O–H groups in total. The lowest BCUT2D eigenvalue weighted by Crippen LogP contribution is -2.39. The number of anilines is 3. The third-order valence-electron chi connectivity index (χ3n) is 7.56. The van der Waals surface area contributed by atoms with Crippen molar-refractivity contribution in [3.8, 4) is 5.75 Å². The summed E-state index contributed by atoms with van der Waals surface area (Å²) in [5.41, 5.74) is 8.81. The Morgan fingerprint density at radius 1 is 1.07 bits per heavy atom. The van der Waals surface area contributed by atoms with Crippen molar-refractivity contribution in [2.75, 3.05) is 43.6 Å². The van der Waals surface area contributed by atoms with Gasteiger partial charge in [-0.15, -0.1) is 0 Å². The van der Waals surface area contributed by atoms with Gasteiger partial charge in [-0.05, 0) is 61.9 Å². The first-order valence-corrected chi connectivity index (χ1v) is 13.7. The molecule has 2 amide bonds. The molecule has 0 bridgehead atoms. The molecule has 8 nitrogen and oxygen atoms in total. The third-order valence-corrected chi connectivity index (χ3v) is 7.56. The Balaban J connectivity index is 1.43. The van der Waals surface area contributed by atoms with E-state index in [1.165, 1.54) is 0 Å². The van der Waals surface area contributed by atoms with Gasteiger partial charge in [-0.1, -0.05) is 12.1 Å². The summed E-state index contributed by atoms with van der Waals surface area (Å²) in [7, 11) is 1.65. The number of piperidine rings is 1. The van der Waals surface area contributed by atoms with Gasteiger partial charge in [0.25, 0.3) is 0 Å². The standard InChI is InChI=1S/C29H37F3N4O4/c1-39-14-2-3-15-40-26-17-22(8-9-25(26)36-12-10-20(11-13-36)29(30,31)32)34-21-6-4-19(5-7-21)16-24-23(28(33)38)18-27(37)35-24/h4-9,17,20,23-24,34H,2-3,10-16,18H2,1H3,(H2,33,38)(H,35,37). The van der Waals surface area contributed by atoms with Gasteiger partial charge in [0.15, 0.2) is 0 Å². The van der Waals surface area contributed by atoms with Gasteiger partial charge in [-0.2, -0.15) is 13.2 Å². The number of hydrogen-bond acceptors (Lipinski definition) is 6. The zero-order valence-electron chi connectivity index (χ0n) is 22.6. The van der Waals surface area contributed by atoms with Crippen molar-refractivity contribution in [2.45, 2.75) is 50.7 Å². The summed E-state index contributed by atoms with van der Waals surface area (Å²) in [5, 5.41) is 6.18. The quantitative estimate of drug-likeness (QED) is 0.328. The first-order valence-electron chi connectivity index (χ1n) is 13.7. The van der Waals surface area contributed by atoms with Crippen LogP contribution >= 0.6 is 0 Å². The van der Waals surface area contributed by atoms with E-state index in [0.29, 0.717) is 38.5 Å². The summed E-state index contributed by atoms with van der Waals surface area (Å²) < 4.78 is 50.7. The smallest absolute Gasteiger partial charge is 0.391 e. The lowest BCUT2D eigenvalue weighted by Gasteiger charge is -2.35. The molecule has 2 heterocycles. The number of amides is 2. The van der Waals surface area contributed by atoms with Crippen molar-refractivity contribution in [3.63, 3.8) is 0 Å². The maximum absolute atomic E-state index is 13.2. The second-order valence-corrected chi connectivity index (χ2v) is 10.4. The van der Waals surface area contributed by atoms with Crippen LogP contribution in [-0.2, 0) is 20.7 Å². The van der Waals surface area contributed by atoms with E-state index in [1.54, 1.807) is 7.11 Å². The van der Waals surface area contributed by atoms with E-state index in [-0.39, 0.29) is 31.2 Å². The van der Waals surface area contributed by atoms with E-state index < -0.39 is 23.9 Å².